The summed E-state index contributed by atoms with van der Waals surface area (Å²) in [6.07, 6.45) is 0.0419. The highest BCUT2D eigenvalue weighted by atomic mass is 32.2. The van der Waals surface area contributed by atoms with E-state index in [9.17, 15) is 13.2 Å². The van der Waals surface area contributed by atoms with Gasteiger partial charge in [0.1, 0.15) is 0 Å². The lowest BCUT2D eigenvalue weighted by Gasteiger charge is -2.20. The molecule has 6 heteroatoms. The first-order chi connectivity index (χ1) is 14.4. The third kappa shape index (κ3) is 5.55. The molecule has 3 rings (SSSR count). The molecule has 0 bridgehead atoms. The van der Waals surface area contributed by atoms with Crippen LogP contribution in [0.5, 0.6) is 0 Å². The Balaban J connectivity index is 1.64. The molecule has 3 aromatic carbocycles. The predicted molar refractivity (Wildman–Crippen MR) is 119 cm³/mol. The lowest BCUT2D eigenvalue weighted by Crippen LogP contribution is -2.33. The third-order valence-corrected chi connectivity index (χ3v) is 6.46. The summed E-state index contributed by atoms with van der Waals surface area (Å²) in [5.74, 6) is -0.226. The van der Waals surface area contributed by atoms with Gasteiger partial charge in [0.2, 0.25) is 15.9 Å². The lowest BCUT2D eigenvalue weighted by atomic mass is 9.98. The Kier molecular flexibility index (Phi) is 7.03. The summed E-state index contributed by atoms with van der Waals surface area (Å²) < 4.78 is 27.5. The van der Waals surface area contributed by atoms with E-state index in [-0.39, 0.29) is 29.8 Å². The smallest absolute Gasteiger partial charge is 0.240 e. The molecule has 5 nitrogen and oxygen atoms in total. The van der Waals surface area contributed by atoms with Gasteiger partial charge in [-0.1, -0.05) is 66.7 Å². The van der Waals surface area contributed by atoms with E-state index < -0.39 is 10.0 Å². The van der Waals surface area contributed by atoms with Crippen LogP contribution in [0.2, 0.25) is 0 Å². The normalized spacial score (nSPS) is 11.4. The molecule has 0 fully saturated rings. The van der Waals surface area contributed by atoms with Crippen LogP contribution in [-0.2, 0) is 14.8 Å². The summed E-state index contributed by atoms with van der Waals surface area (Å²) in [7, 11) is -3.66. The van der Waals surface area contributed by atoms with Crippen LogP contribution < -0.4 is 10.0 Å². The van der Waals surface area contributed by atoms with Crippen molar-refractivity contribution < 1.29 is 13.2 Å². The Morgan fingerprint density at radius 1 is 0.833 bits per heavy atom. The average Bonchev–Trinajstić information content (AvgIpc) is 2.75. The maximum atomic E-state index is 12.6. The Morgan fingerprint density at radius 3 is 1.93 bits per heavy atom. The van der Waals surface area contributed by atoms with Crippen molar-refractivity contribution in [2.45, 2.75) is 31.2 Å². The second kappa shape index (κ2) is 9.69. The van der Waals surface area contributed by atoms with E-state index in [4.69, 9.17) is 0 Å². The van der Waals surface area contributed by atoms with Crippen molar-refractivity contribution >= 4 is 15.9 Å². The van der Waals surface area contributed by atoms with Crippen molar-refractivity contribution in [2.75, 3.05) is 6.54 Å². The Morgan fingerprint density at radius 2 is 1.40 bits per heavy atom. The van der Waals surface area contributed by atoms with Crippen LogP contribution in [0.1, 0.15) is 34.7 Å². The summed E-state index contributed by atoms with van der Waals surface area (Å²) in [6, 6.07) is 24.1. The van der Waals surface area contributed by atoms with Gasteiger partial charge in [-0.2, -0.15) is 0 Å². The van der Waals surface area contributed by atoms with Crippen LogP contribution in [-0.4, -0.2) is 20.9 Å². The van der Waals surface area contributed by atoms with Gasteiger partial charge >= 0.3 is 0 Å². The summed E-state index contributed by atoms with van der Waals surface area (Å²) >= 11 is 0. The number of nitrogens with one attached hydrogen (secondary N) is 2. The van der Waals surface area contributed by atoms with E-state index >= 15 is 0 Å². The number of carbonyl (C=O) groups excluding carboxylic acids is 1. The summed E-state index contributed by atoms with van der Waals surface area (Å²) in [4.78, 5) is 12.8. The summed E-state index contributed by atoms with van der Waals surface area (Å²) in [6.45, 7) is 3.83. The maximum Gasteiger partial charge on any atom is 0.240 e. The monoisotopic (exact) mass is 422 g/mol. The molecule has 0 aliphatic rings. The number of hydrogen-bond acceptors (Lipinski definition) is 3. The van der Waals surface area contributed by atoms with Crippen molar-refractivity contribution in [3.63, 3.8) is 0 Å². The Hall–Kier alpha value is -2.96. The molecule has 0 spiro atoms. The van der Waals surface area contributed by atoms with Gasteiger partial charge in [-0.25, -0.2) is 13.1 Å². The van der Waals surface area contributed by atoms with Crippen LogP contribution in [0.3, 0.4) is 0 Å². The third-order valence-electron chi connectivity index (χ3n) is 5.00. The van der Waals surface area contributed by atoms with E-state index in [1.54, 1.807) is 18.2 Å². The van der Waals surface area contributed by atoms with Gasteiger partial charge < -0.3 is 5.32 Å². The van der Waals surface area contributed by atoms with Crippen LogP contribution in [0.15, 0.2) is 83.8 Å². The van der Waals surface area contributed by atoms with Crippen molar-refractivity contribution in [2.24, 2.45) is 0 Å². The molecule has 0 radical (unpaired) electrons. The molecule has 0 saturated carbocycles. The first-order valence-electron chi connectivity index (χ1n) is 9.83. The summed E-state index contributed by atoms with van der Waals surface area (Å²) in [5, 5.41) is 3.02. The molecule has 0 heterocycles. The van der Waals surface area contributed by atoms with Crippen LogP contribution in [0, 0.1) is 13.8 Å². The zero-order valence-corrected chi connectivity index (χ0v) is 17.9. The fourth-order valence-electron chi connectivity index (χ4n) is 3.15. The molecule has 0 aliphatic carbocycles. The molecule has 156 valence electrons. The Bertz CT molecular complexity index is 1060. The standard InChI is InChI=1S/C24H26N2O3S/c1-18-13-14-22(17-19(18)2)30(28,29)25-16-15-23(27)26-24(20-9-5-3-6-10-20)21-11-7-4-8-12-21/h3-14,17,24-25H,15-16H2,1-2H3,(H,26,27). The van der Waals surface area contributed by atoms with Crippen molar-refractivity contribution in [3.8, 4) is 0 Å². The quantitative estimate of drug-likeness (QED) is 0.579. The number of rotatable bonds is 8. The number of sulfonamides is 1. The zero-order valence-electron chi connectivity index (χ0n) is 17.1. The minimum absolute atomic E-state index is 0.0252. The SMILES string of the molecule is Cc1ccc(S(=O)(=O)NCCC(=O)NC(c2ccccc2)c2ccccc2)cc1C. The van der Waals surface area contributed by atoms with E-state index in [0.717, 1.165) is 22.3 Å². The van der Waals surface area contributed by atoms with Crippen LogP contribution in [0.4, 0.5) is 0 Å². The topological polar surface area (TPSA) is 75.3 Å². The molecule has 2 N–H and O–H groups in total. The number of carbonyl (C=O) groups is 1. The molecule has 1 amide bonds. The molecular formula is C24H26N2O3S. The van der Waals surface area contributed by atoms with Crippen molar-refractivity contribution in [1.82, 2.24) is 10.0 Å². The molecular weight excluding hydrogens is 396 g/mol. The number of aryl methyl sites for hydroxylation is 2. The van der Waals surface area contributed by atoms with Gasteiger partial charge in [0.05, 0.1) is 10.9 Å². The van der Waals surface area contributed by atoms with E-state index in [2.05, 4.69) is 10.0 Å². The number of hydrogen-bond donors (Lipinski definition) is 2. The second-order valence-corrected chi connectivity index (χ2v) is 8.98. The highest BCUT2D eigenvalue weighted by Crippen LogP contribution is 2.22. The van der Waals surface area contributed by atoms with Crippen LogP contribution >= 0.6 is 0 Å². The lowest BCUT2D eigenvalue weighted by molar-refractivity contribution is -0.121. The van der Waals surface area contributed by atoms with Gasteiger partial charge in [0, 0.05) is 13.0 Å². The molecule has 0 aliphatic heterocycles. The molecule has 30 heavy (non-hydrogen) atoms. The van der Waals surface area contributed by atoms with Gasteiger partial charge in [-0.3, -0.25) is 4.79 Å². The number of amides is 1. The molecule has 0 aromatic heterocycles. The molecule has 0 saturated heterocycles. The predicted octanol–water partition coefficient (Wildman–Crippen LogP) is 3.88. The average molecular weight is 423 g/mol. The fraction of sp³-hybridized carbons (Fsp3) is 0.208. The largest absolute Gasteiger partial charge is 0.345 e. The first kappa shape index (κ1) is 21.7. The molecule has 0 unspecified atom stereocenters. The molecule has 3 aromatic rings. The Labute approximate surface area is 178 Å². The van der Waals surface area contributed by atoms with Gasteiger partial charge in [-0.15, -0.1) is 0 Å². The van der Waals surface area contributed by atoms with Crippen molar-refractivity contribution in [3.05, 3.63) is 101 Å². The van der Waals surface area contributed by atoms with E-state index in [1.807, 2.05) is 74.5 Å². The molecule has 0 atom stereocenters. The van der Waals surface area contributed by atoms with E-state index in [1.165, 1.54) is 0 Å². The minimum atomic E-state index is -3.66. The van der Waals surface area contributed by atoms with Gasteiger partial charge in [0.25, 0.3) is 0 Å². The minimum Gasteiger partial charge on any atom is -0.345 e. The van der Waals surface area contributed by atoms with Crippen LogP contribution in [0.25, 0.3) is 0 Å². The van der Waals surface area contributed by atoms with Gasteiger partial charge in [-0.05, 0) is 48.2 Å². The second-order valence-electron chi connectivity index (χ2n) is 7.22. The highest BCUT2D eigenvalue weighted by Gasteiger charge is 2.18. The first-order valence-corrected chi connectivity index (χ1v) is 11.3. The zero-order chi connectivity index (χ0) is 21.6. The van der Waals surface area contributed by atoms with Crippen molar-refractivity contribution in [1.29, 1.82) is 0 Å². The van der Waals surface area contributed by atoms with Gasteiger partial charge in [0.15, 0.2) is 0 Å². The summed E-state index contributed by atoms with van der Waals surface area (Å²) in [5.41, 5.74) is 3.87. The fourth-order valence-corrected chi connectivity index (χ4v) is 4.26. The van der Waals surface area contributed by atoms with E-state index in [0.29, 0.717) is 0 Å². The number of benzene rings is 3. The highest BCUT2D eigenvalue weighted by molar-refractivity contribution is 7.89. The maximum absolute atomic E-state index is 12.6.